The number of hydrogen-bond donors (Lipinski definition) is 0. The number of hydrogen-bond acceptors (Lipinski definition) is 2. The molecule has 5 heteroatoms. The number of fused-ring (bicyclic) bond motifs is 1. The molecule has 0 saturated carbocycles. The Hall–Kier alpha value is -2.30. The zero-order chi connectivity index (χ0) is 15.0. The standard InChI is InChI=1S/C16H12F3NO/c1-10-6-7-13-14(8-10)21-15(20-13)9-11-4-2-3-5-12(11)16(17,18)19/h2-8H,9H2,1H3. The molecule has 2 aromatic carbocycles. The normalized spacial score (nSPS) is 12.0. The Morgan fingerprint density at radius 3 is 2.62 bits per heavy atom. The molecule has 0 radical (unpaired) electrons. The van der Waals surface area contributed by atoms with Gasteiger partial charge >= 0.3 is 6.18 Å². The third kappa shape index (κ3) is 2.77. The first kappa shape index (κ1) is 13.7. The Morgan fingerprint density at radius 2 is 1.86 bits per heavy atom. The van der Waals surface area contributed by atoms with E-state index in [9.17, 15) is 13.2 Å². The van der Waals surface area contributed by atoms with Gasteiger partial charge in [-0.25, -0.2) is 4.98 Å². The fraction of sp³-hybridized carbons (Fsp3) is 0.188. The lowest BCUT2D eigenvalue weighted by Crippen LogP contribution is -2.09. The van der Waals surface area contributed by atoms with Crippen LogP contribution in [0, 0.1) is 6.92 Å². The van der Waals surface area contributed by atoms with Crippen molar-refractivity contribution in [2.45, 2.75) is 19.5 Å². The summed E-state index contributed by atoms with van der Waals surface area (Å²) < 4.78 is 44.4. The first-order valence-corrected chi connectivity index (χ1v) is 6.44. The molecule has 0 aliphatic rings. The molecule has 0 spiro atoms. The minimum absolute atomic E-state index is 0.0173. The summed E-state index contributed by atoms with van der Waals surface area (Å²) in [7, 11) is 0. The number of alkyl halides is 3. The van der Waals surface area contributed by atoms with Gasteiger partial charge in [-0.05, 0) is 36.2 Å². The van der Waals surface area contributed by atoms with Crippen LogP contribution in [-0.4, -0.2) is 4.98 Å². The van der Waals surface area contributed by atoms with Crippen LogP contribution in [0.3, 0.4) is 0 Å². The van der Waals surface area contributed by atoms with Crippen molar-refractivity contribution in [3.05, 3.63) is 65.0 Å². The van der Waals surface area contributed by atoms with Crippen molar-refractivity contribution in [1.82, 2.24) is 4.98 Å². The number of halogens is 3. The molecule has 0 N–H and O–H groups in total. The second-order valence-corrected chi connectivity index (χ2v) is 4.91. The van der Waals surface area contributed by atoms with Crippen molar-refractivity contribution in [2.75, 3.05) is 0 Å². The van der Waals surface area contributed by atoms with Crippen LogP contribution in [0.15, 0.2) is 46.9 Å². The number of oxazole rings is 1. The summed E-state index contributed by atoms with van der Waals surface area (Å²) in [6.07, 6.45) is -4.36. The number of nitrogens with zero attached hydrogens (tertiary/aromatic N) is 1. The largest absolute Gasteiger partial charge is 0.440 e. The molecule has 2 nitrogen and oxygen atoms in total. The highest BCUT2D eigenvalue weighted by atomic mass is 19.4. The minimum atomic E-state index is -4.38. The van der Waals surface area contributed by atoms with E-state index >= 15 is 0 Å². The summed E-state index contributed by atoms with van der Waals surface area (Å²) in [5.41, 5.74) is 1.77. The minimum Gasteiger partial charge on any atom is -0.440 e. The van der Waals surface area contributed by atoms with Crippen LogP contribution in [0.25, 0.3) is 11.1 Å². The van der Waals surface area contributed by atoms with Gasteiger partial charge < -0.3 is 4.42 Å². The summed E-state index contributed by atoms with van der Waals surface area (Å²) in [4.78, 5) is 4.24. The van der Waals surface area contributed by atoms with Crippen molar-refractivity contribution < 1.29 is 17.6 Å². The first-order chi connectivity index (χ1) is 9.93. The first-order valence-electron chi connectivity index (χ1n) is 6.44. The SMILES string of the molecule is Cc1ccc2nc(Cc3ccccc3C(F)(F)F)oc2c1. The zero-order valence-electron chi connectivity index (χ0n) is 11.2. The maximum Gasteiger partial charge on any atom is 0.416 e. The number of benzene rings is 2. The van der Waals surface area contributed by atoms with E-state index in [1.54, 1.807) is 12.1 Å². The molecule has 0 saturated heterocycles. The van der Waals surface area contributed by atoms with E-state index in [-0.39, 0.29) is 17.9 Å². The molecule has 0 unspecified atom stereocenters. The van der Waals surface area contributed by atoms with E-state index in [0.717, 1.165) is 11.6 Å². The molecule has 3 rings (SSSR count). The Balaban J connectivity index is 1.99. The molecule has 0 amide bonds. The van der Waals surface area contributed by atoms with Crippen molar-refractivity contribution in [1.29, 1.82) is 0 Å². The molecule has 0 aliphatic carbocycles. The summed E-state index contributed by atoms with van der Waals surface area (Å²) >= 11 is 0. The predicted octanol–water partition coefficient (Wildman–Crippen LogP) is 4.75. The lowest BCUT2D eigenvalue weighted by Gasteiger charge is -2.10. The van der Waals surface area contributed by atoms with E-state index in [4.69, 9.17) is 4.42 Å². The zero-order valence-corrected chi connectivity index (χ0v) is 11.2. The van der Waals surface area contributed by atoms with Crippen LogP contribution >= 0.6 is 0 Å². The van der Waals surface area contributed by atoms with Gasteiger partial charge in [0, 0.05) is 6.42 Å². The average molecular weight is 291 g/mol. The summed E-state index contributed by atoms with van der Waals surface area (Å²) in [6, 6.07) is 11.0. The van der Waals surface area contributed by atoms with Gasteiger partial charge in [-0.3, -0.25) is 0 Å². The molecule has 0 aliphatic heterocycles. The van der Waals surface area contributed by atoms with Gasteiger partial charge in [0.1, 0.15) is 5.52 Å². The lowest BCUT2D eigenvalue weighted by atomic mass is 10.0. The highest BCUT2D eigenvalue weighted by Gasteiger charge is 2.33. The highest BCUT2D eigenvalue weighted by molar-refractivity contribution is 5.73. The van der Waals surface area contributed by atoms with Crippen LogP contribution < -0.4 is 0 Å². The third-order valence-electron chi connectivity index (χ3n) is 3.25. The fourth-order valence-corrected chi connectivity index (χ4v) is 2.27. The van der Waals surface area contributed by atoms with Gasteiger partial charge in [0.05, 0.1) is 5.56 Å². The maximum atomic E-state index is 13.0. The van der Waals surface area contributed by atoms with Crippen LogP contribution in [0.2, 0.25) is 0 Å². The number of aromatic nitrogens is 1. The van der Waals surface area contributed by atoms with Crippen LogP contribution in [0.1, 0.15) is 22.6 Å². The van der Waals surface area contributed by atoms with Crippen LogP contribution in [0.5, 0.6) is 0 Å². The van der Waals surface area contributed by atoms with Gasteiger partial charge in [-0.15, -0.1) is 0 Å². The van der Waals surface area contributed by atoms with E-state index in [2.05, 4.69) is 4.98 Å². The summed E-state index contributed by atoms with van der Waals surface area (Å²) in [5.74, 6) is 0.285. The monoisotopic (exact) mass is 291 g/mol. The number of rotatable bonds is 2. The van der Waals surface area contributed by atoms with Crippen molar-refractivity contribution in [3.63, 3.8) is 0 Å². The predicted molar refractivity (Wildman–Crippen MR) is 73.0 cm³/mol. The second kappa shape index (κ2) is 4.91. The molecule has 3 aromatic rings. The Kier molecular flexibility index (Phi) is 3.20. The Morgan fingerprint density at radius 1 is 1.10 bits per heavy atom. The molecule has 0 bridgehead atoms. The van der Waals surface area contributed by atoms with Crippen molar-refractivity contribution >= 4 is 11.1 Å². The van der Waals surface area contributed by atoms with Gasteiger partial charge in [-0.2, -0.15) is 13.2 Å². The van der Waals surface area contributed by atoms with E-state index < -0.39 is 11.7 Å². The van der Waals surface area contributed by atoms with Gasteiger partial charge in [-0.1, -0.05) is 24.3 Å². The fourth-order valence-electron chi connectivity index (χ4n) is 2.27. The topological polar surface area (TPSA) is 26.0 Å². The third-order valence-corrected chi connectivity index (χ3v) is 3.25. The molecule has 1 aromatic heterocycles. The quantitative estimate of drug-likeness (QED) is 0.681. The molecule has 1 heterocycles. The summed E-state index contributed by atoms with van der Waals surface area (Å²) in [5, 5.41) is 0. The van der Waals surface area contributed by atoms with Gasteiger partial charge in [0.2, 0.25) is 0 Å². The Bertz CT molecular complexity index is 790. The average Bonchev–Trinajstić information content (AvgIpc) is 2.79. The van der Waals surface area contributed by atoms with Crippen molar-refractivity contribution in [2.24, 2.45) is 0 Å². The van der Waals surface area contributed by atoms with E-state index in [1.165, 1.54) is 12.1 Å². The number of aryl methyl sites for hydroxylation is 1. The summed E-state index contributed by atoms with van der Waals surface area (Å²) in [6.45, 7) is 1.92. The molecular weight excluding hydrogens is 279 g/mol. The van der Waals surface area contributed by atoms with Gasteiger partial charge in [0.15, 0.2) is 11.5 Å². The smallest absolute Gasteiger partial charge is 0.416 e. The van der Waals surface area contributed by atoms with E-state index in [0.29, 0.717) is 11.1 Å². The Labute approximate surface area is 119 Å². The van der Waals surface area contributed by atoms with Crippen LogP contribution in [0.4, 0.5) is 13.2 Å². The molecular formula is C16H12F3NO. The highest BCUT2D eigenvalue weighted by Crippen LogP contribution is 2.33. The van der Waals surface area contributed by atoms with Crippen molar-refractivity contribution in [3.8, 4) is 0 Å². The molecule has 0 fully saturated rings. The lowest BCUT2D eigenvalue weighted by molar-refractivity contribution is -0.138. The molecule has 21 heavy (non-hydrogen) atoms. The maximum absolute atomic E-state index is 13.0. The second-order valence-electron chi connectivity index (χ2n) is 4.91. The molecule has 108 valence electrons. The molecule has 0 atom stereocenters. The van der Waals surface area contributed by atoms with Gasteiger partial charge in [0.25, 0.3) is 0 Å². The van der Waals surface area contributed by atoms with E-state index in [1.807, 2.05) is 19.1 Å². The van der Waals surface area contributed by atoms with Crippen LogP contribution in [-0.2, 0) is 12.6 Å².